The molecule has 116 valence electrons. The van der Waals surface area contributed by atoms with E-state index in [-0.39, 0.29) is 24.2 Å². The van der Waals surface area contributed by atoms with E-state index in [2.05, 4.69) is 0 Å². The van der Waals surface area contributed by atoms with E-state index in [0.29, 0.717) is 32.5 Å². The van der Waals surface area contributed by atoms with Crippen LogP contribution in [-0.2, 0) is 16.0 Å². The van der Waals surface area contributed by atoms with E-state index in [1.807, 2.05) is 13.0 Å². The molecule has 1 aromatic carbocycles. The number of hydrogen-bond donors (Lipinski definition) is 1. The molecule has 1 amide bonds. The Hall–Kier alpha value is -1.46. The maximum absolute atomic E-state index is 13.2. The van der Waals surface area contributed by atoms with Crippen molar-refractivity contribution in [1.29, 1.82) is 0 Å². The number of benzene rings is 1. The second-order valence-corrected chi connectivity index (χ2v) is 5.43. The predicted octanol–water partition coefficient (Wildman–Crippen LogP) is 1.61. The molecule has 1 saturated heterocycles. The van der Waals surface area contributed by atoms with Crippen molar-refractivity contribution in [3.05, 3.63) is 35.6 Å². The Morgan fingerprint density at radius 2 is 2.33 bits per heavy atom. The molecule has 1 aliphatic heterocycles. The van der Waals surface area contributed by atoms with Crippen LogP contribution in [0.15, 0.2) is 24.3 Å². The molecule has 2 rings (SSSR count). The molecule has 5 heteroatoms. The predicted molar refractivity (Wildman–Crippen MR) is 77.3 cm³/mol. The van der Waals surface area contributed by atoms with E-state index in [0.717, 1.165) is 5.56 Å². The Morgan fingerprint density at radius 1 is 1.52 bits per heavy atom. The molecule has 1 fully saturated rings. The summed E-state index contributed by atoms with van der Waals surface area (Å²) in [6.45, 7) is 3.48. The highest BCUT2D eigenvalue weighted by molar-refractivity contribution is 5.77. The van der Waals surface area contributed by atoms with Gasteiger partial charge in [0, 0.05) is 25.6 Å². The van der Waals surface area contributed by atoms with E-state index in [1.54, 1.807) is 11.0 Å². The third-order valence-electron chi connectivity index (χ3n) is 3.86. The monoisotopic (exact) mass is 295 g/mol. The third kappa shape index (κ3) is 4.51. The highest BCUT2D eigenvalue weighted by atomic mass is 19.1. The maximum atomic E-state index is 13.2. The molecule has 0 spiro atoms. The number of halogens is 1. The van der Waals surface area contributed by atoms with Gasteiger partial charge in [0.25, 0.3) is 0 Å². The molecule has 0 radical (unpaired) electrons. The number of nitrogens with zero attached hydrogens (tertiary/aromatic N) is 1. The van der Waals surface area contributed by atoms with Gasteiger partial charge in [-0.2, -0.15) is 0 Å². The molecule has 0 aromatic heterocycles. The zero-order valence-electron chi connectivity index (χ0n) is 12.3. The number of piperidine rings is 1. The second-order valence-electron chi connectivity index (χ2n) is 5.43. The molecule has 1 aliphatic rings. The van der Waals surface area contributed by atoms with Crippen molar-refractivity contribution in [2.45, 2.75) is 25.9 Å². The van der Waals surface area contributed by atoms with Crippen LogP contribution in [0.1, 0.15) is 18.9 Å². The van der Waals surface area contributed by atoms with E-state index in [4.69, 9.17) is 4.74 Å². The van der Waals surface area contributed by atoms with Crippen molar-refractivity contribution in [2.24, 2.45) is 5.92 Å². The molecule has 1 heterocycles. The fraction of sp³-hybridized carbons (Fsp3) is 0.562. The van der Waals surface area contributed by atoms with Crippen LogP contribution >= 0.6 is 0 Å². The minimum atomic E-state index is -0.454. The zero-order valence-corrected chi connectivity index (χ0v) is 12.3. The fourth-order valence-electron chi connectivity index (χ4n) is 2.69. The third-order valence-corrected chi connectivity index (χ3v) is 3.86. The Morgan fingerprint density at radius 3 is 3.05 bits per heavy atom. The van der Waals surface area contributed by atoms with Gasteiger partial charge in [0.1, 0.15) is 12.4 Å². The van der Waals surface area contributed by atoms with Crippen LogP contribution < -0.4 is 0 Å². The number of aliphatic hydroxyl groups excluding tert-OH is 1. The van der Waals surface area contributed by atoms with Gasteiger partial charge in [0.2, 0.25) is 5.91 Å². The first kappa shape index (κ1) is 15.9. The molecule has 21 heavy (non-hydrogen) atoms. The molecule has 0 unspecified atom stereocenters. The van der Waals surface area contributed by atoms with Crippen LogP contribution in [0.25, 0.3) is 0 Å². The van der Waals surface area contributed by atoms with Gasteiger partial charge in [-0.25, -0.2) is 4.39 Å². The lowest BCUT2D eigenvalue weighted by Crippen LogP contribution is -2.47. The first-order valence-corrected chi connectivity index (χ1v) is 7.38. The summed E-state index contributed by atoms with van der Waals surface area (Å²) in [5.41, 5.74) is 0.846. The summed E-state index contributed by atoms with van der Waals surface area (Å²) in [6.07, 6.45) is 0.666. The Labute approximate surface area is 124 Å². The number of rotatable bonds is 5. The average molecular weight is 295 g/mol. The molecule has 0 saturated carbocycles. The van der Waals surface area contributed by atoms with E-state index in [1.165, 1.54) is 12.1 Å². The lowest BCUT2D eigenvalue weighted by Gasteiger charge is -2.36. The number of carbonyl (C=O) groups excluding carboxylic acids is 1. The van der Waals surface area contributed by atoms with Gasteiger partial charge in [-0.15, -0.1) is 0 Å². The molecule has 0 aliphatic carbocycles. The maximum Gasteiger partial charge on any atom is 0.248 e. The molecular formula is C16H22FNO3. The summed E-state index contributed by atoms with van der Waals surface area (Å²) in [4.78, 5) is 13.7. The highest BCUT2D eigenvalue weighted by Gasteiger charge is 2.30. The average Bonchev–Trinajstić information content (AvgIpc) is 2.47. The van der Waals surface area contributed by atoms with Crippen molar-refractivity contribution < 1.29 is 19.0 Å². The Bertz CT molecular complexity index is 480. The number of ether oxygens (including phenoxy) is 1. The lowest BCUT2D eigenvalue weighted by atomic mass is 9.88. The normalized spacial score (nSPS) is 22.3. The topological polar surface area (TPSA) is 49.8 Å². The van der Waals surface area contributed by atoms with Crippen molar-refractivity contribution >= 4 is 5.91 Å². The summed E-state index contributed by atoms with van der Waals surface area (Å²) < 4.78 is 18.4. The number of carbonyl (C=O) groups is 1. The van der Waals surface area contributed by atoms with Crippen molar-refractivity contribution in [2.75, 3.05) is 26.3 Å². The SMILES string of the molecule is CCOCC(=O)N1CC[C@H](O)[C@H](Cc2cccc(F)c2)C1. The number of hydrogen-bond acceptors (Lipinski definition) is 3. The van der Waals surface area contributed by atoms with E-state index < -0.39 is 6.10 Å². The number of amides is 1. The summed E-state index contributed by atoms with van der Waals surface area (Å²) in [6, 6.07) is 6.39. The number of likely N-dealkylation sites (tertiary alicyclic amines) is 1. The van der Waals surface area contributed by atoms with Crippen LogP contribution in [-0.4, -0.2) is 48.3 Å². The van der Waals surface area contributed by atoms with Crippen molar-refractivity contribution in [1.82, 2.24) is 4.90 Å². The van der Waals surface area contributed by atoms with Crippen LogP contribution in [0.2, 0.25) is 0 Å². The Kier molecular flexibility index (Phi) is 5.70. The minimum absolute atomic E-state index is 0.0482. The van der Waals surface area contributed by atoms with Crippen molar-refractivity contribution in [3.8, 4) is 0 Å². The van der Waals surface area contributed by atoms with Gasteiger partial charge in [-0.3, -0.25) is 4.79 Å². The molecule has 1 aromatic rings. The Balaban J connectivity index is 1.96. The quantitative estimate of drug-likeness (QED) is 0.898. The fourth-order valence-corrected chi connectivity index (χ4v) is 2.69. The van der Waals surface area contributed by atoms with E-state index in [9.17, 15) is 14.3 Å². The van der Waals surface area contributed by atoms with Gasteiger partial charge in [-0.05, 0) is 37.5 Å². The summed E-state index contributed by atoms with van der Waals surface area (Å²) in [7, 11) is 0. The van der Waals surface area contributed by atoms with Gasteiger partial charge in [-0.1, -0.05) is 12.1 Å². The van der Waals surface area contributed by atoms with Gasteiger partial charge >= 0.3 is 0 Å². The highest BCUT2D eigenvalue weighted by Crippen LogP contribution is 2.22. The molecule has 0 bridgehead atoms. The molecule has 4 nitrogen and oxygen atoms in total. The van der Waals surface area contributed by atoms with Crippen molar-refractivity contribution in [3.63, 3.8) is 0 Å². The second kappa shape index (κ2) is 7.52. The minimum Gasteiger partial charge on any atom is -0.393 e. The summed E-state index contributed by atoms with van der Waals surface area (Å²) >= 11 is 0. The molecular weight excluding hydrogens is 273 g/mol. The van der Waals surface area contributed by atoms with E-state index >= 15 is 0 Å². The lowest BCUT2D eigenvalue weighted by molar-refractivity contribution is -0.139. The van der Waals surface area contributed by atoms with Crippen LogP contribution in [0.4, 0.5) is 4.39 Å². The van der Waals surface area contributed by atoms with Crippen LogP contribution in [0, 0.1) is 11.7 Å². The largest absolute Gasteiger partial charge is 0.393 e. The summed E-state index contributed by atoms with van der Waals surface area (Å²) in [5.74, 6) is -0.388. The first-order chi connectivity index (χ1) is 10.1. The zero-order chi connectivity index (χ0) is 15.2. The summed E-state index contributed by atoms with van der Waals surface area (Å²) in [5, 5.41) is 10.1. The molecule has 1 N–H and O–H groups in total. The first-order valence-electron chi connectivity index (χ1n) is 7.38. The standard InChI is InChI=1S/C16H22FNO3/c1-2-21-11-16(20)18-7-6-15(19)13(10-18)8-12-4-3-5-14(17)9-12/h3-5,9,13,15,19H,2,6-8,10-11H2,1H3/t13-,15+/m1/s1. The number of aliphatic hydroxyl groups is 1. The smallest absolute Gasteiger partial charge is 0.248 e. The molecule has 2 atom stereocenters. The van der Waals surface area contributed by atoms with Gasteiger partial charge in [0.15, 0.2) is 0 Å². The van der Waals surface area contributed by atoms with Crippen LogP contribution in [0.5, 0.6) is 0 Å². The van der Waals surface area contributed by atoms with Gasteiger partial charge < -0.3 is 14.7 Å². The van der Waals surface area contributed by atoms with Crippen LogP contribution in [0.3, 0.4) is 0 Å². The van der Waals surface area contributed by atoms with Gasteiger partial charge in [0.05, 0.1) is 6.10 Å².